The van der Waals surface area contributed by atoms with E-state index in [1.165, 1.54) is 11.3 Å². The largest absolute Gasteiger partial charge is 0.318 e. The van der Waals surface area contributed by atoms with Gasteiger partial charge in [0.15, 0.2) is 0 Å². The molecule has 0 saturated carbocycles. The van der Waals surface area contributed by atoms with Crippen molar-refractivity contribution in [2.24, 2.45) is 5.73 Å². The number of benzene rings is 2. The number of halogens is 2. The highest BCUT2D eigenvalue weighted by Gasteiger charge is 2.15. The summed E-state index contributed by atoms with van der Waals surface area (Å²) in [7, 11) is 0. The van der Waals surface area contributed by atoms with Gasteiger partial charge in [0.2, 0.25) is 0 Å². The van der Waals surface area contributed by atoms with Crippen molar-refractivity contribution >= 4 is 38.9 Å². The Morgan fingerprint density at radius 3 is 2.57 bits per heavy atom. The Labute approximate surface area is 139 Å². The van der Waals surface area contributed by atoms with Gasteiger partial charge in [0.1, 0.15) is 10.0 Å². The molecule has 21 heavy (non-hydrogen) atoms. The van der Waals surface area contributed by atoms with E-state index >= 15 is 0 Å². The summed E-state index contributed by atoms with van der Waals surface area (Å²) in [6.07, 6.45) is 0. The Morgan fingerprint density at radius 2 is 1.86 bits per heavy atom. The Balaban J connectivity index is 1.91. The van der Waals surface area contributed by atoms with Gasteiger partial charge >= 0.3 is 0 Å². The normalized spacial score (nSPS) is 12.3. The summed E-state index contributed by atoms with van der Waals surface area (Å²) in [5, 5.41) is 10.7. The molecule has 106 valence electrons. The van der Waals surface area contributed by atoms with E-state index < -0.39 is 0 Å². The molecule has 0 amide bonds. The summed E-state index contributed by atoms with van der Waals surface area (Å²) in [4.78, 5) is 0. The molecule has 1 heterocycles. The molecule has 0 spiro atoms. The van der Waals surface area contributed by atoms with Crippen LogP contribution in [0, 0.1) is 0 Å². The Kier molecular flexibility index (Phi) is 4.35. The highest BCUT2D eigenvalue weighted by atomic mass is 79.9. The molecule has 1 atom stereocenters. The van der Waals surface area contributed by atoms with Crippen molar-refractivity contribution in [2.45, 2.75) is 6.04 Å². The van der Waals surface area contributed by atoms with Crippen LogP contribution in [0.2, 0.25) is 5.02 Å². The minimum atomic E-state index is -0.256. The summed E-state index contributed by atoms with van der Waals surface area (Å²) in [6, 6.07) is 15.3. The summed E-state index contributed by atoms with van der Waals surface area (Å²) in [5.74, 6) is 0. The van der Waals surface area contributed by atoms with Crippen LogP contribution in [0.5, 0.6) is 0 Å². The standard InChI is InChI=1S/C15H11BrClN3S/c16-11-8-10(6-7-12(11)17)14-19-20-15(21-14)13(18)9-4-2-1-3-5-9/h1-8,13H,18H2. The zero-order valence-electron chi connectivity index (χ0n) is 10.8. The first-order chi connectivity index (χ1) is 10.1. The maximum atomic E-state index is 6.24. The first-order valence-electron chi connectivity index (χ1n) is 6.24. The molecule has 2 N–H and O–H groups in total. The van der Waals surface area contributed by atoms with Crippen molar-refractivity contribution in [3.8, 4) is 10.6 Å². The average Bonchev–Trinajstić information content (AvgIpc) is 3.00. The van der Waals surface area contributed by atoms with Crippen LogP contribution in [0.1, 0.15) is 16.6 Å². The molecule has 0 saturated heterocycles. The maximum absolute atomic E-state index is 6.24. The van der Waals surface area contributed by atoms with Crippen LogP contribution in [-0.2, 0) is 0 Å². The zero-order chi connectivity index (χ0) is 14.8. The lowest BCUT2D eigenvalue weighted by molar-refractivity contribution is 0.831. The van der Waals surface area contributed by atoms with Gasteiger partial charge in [-0.05, 0) is 33.6 Å². The lowest BCUT2D eigenvalue weighted by Gasteiger charge is -2.06. The molecule has 0 radical (unpaired) electrons. The predicted octanol–water partition coefficient (Wildman–Crippen LogP) is 4.67. The first-order valence-corrected chi connectivity index (χ1v) is 8.23. The van der Waals surface area contributed by atoms with Crippen LogP contribution in [0.4, 0.5) is 0 Å². The van der Waals surface area contributed by atoms with Crippen molar-refractivity contribution in [1.82, 2.24) is 10.2 Å². The number of nitrogens with zero attached hydrogens (tertiary/aromatic N) is 2. The molecule has 0 aliphatic carbocycles. The van der Waals surface area contributed by atoms with Crippen molar-refractivity contribution < 1.29 is 0 Å². The number of nitrogens with two attached hydrogens (primary N) is 1. The van der Waals surface area contributed by atoms with Crippen LogP contribution >= 0.6 is 38.9 Å². The van der Waals surface area contributed by atoms with E-state index in [2.05, 4.69) is 26.1 Å². The van der Waals surface area contributed by atoms with Crippen molar-refractivity contribution in [3.05, 3.63) is 68.6 Å². The fourth-order valence-electron chi connectivity index (χ4n) is 1.91. The third kappa shape index (κ3) is 3.16. The second kappa shape index (κ2) is 6.23. The molecular formula is C15H11BrClN3S. The maximum Gasteiger partial charge on any atom is 0.147 e. The zero-order valence-corrected chi connectivity index (χ0v) is 14.0. The molecule has 1 unspecified atom stereocenters. The van der Waals surface area contributed by atoms with Crippen molar-refractivity contribution in [3.63, 3.8) is 0 Å². The predicted molar refractivity (Wildman–Crippen MR) is 90.5 cm³/mol. The topological polar surface area (TPSA) is 51.8 Å². The molecule has 2 aromatic carbocycles. The van der Waals surface area contributed by atoms with Gasteiger partial charge in [-0.3, -0.25) is 0 Å². The molecule has 1 aromatic heterocycles. The van der Waals surface area contributed by atoms with Crippen LogP contribution in [0.15, 0.2) is 53.0 Å². The highest BCUT2D eigenvalue weighted by Crippen LogP contribution is 2.32. The average molecular weight is 381 g/mol. The summed E-state index contributed by atoms with van der Waals surface area (Å²) >= 11 is 10.9. The van der Waals surface area contributed by atoms with Gasteiger partial charge in [-0.2, -0.15) is 0 Å². The van der Waals surface area contributed by atoms with E-state index in [-0.39, 0.29) is 6.04 Å². The monoisotopic (exact) mass is 379 g/mol. The summed E-state index contributed by atoms with van der Waals surface area (Å²) < 4.78 is 0.839. The minimum absolute atomic E-state index is 0.256. The van der Waals surface area contributed by atoms with E-state index in [1.54, 1.807) is 0 Å². The lowest BCUT2D eigenvalue weighted by atomic mass is 10.1. The Hall–Kier alpha value is -1.27. The molecular weight excluding hydrogens is 370 g/mol. The first kappa shape index (κ1) is 14.7. The third-order valence-corrected chi connectivity index (χ3v) is 5.30. The van der Waals surface area contributed by atoms with E-state index in [9.17, 15) is 0 Å². The number of aromatic nitrogens is 2. The van der Waals surface area contributed by atoms with Gasteiger partial charge in [-0.15, -0.1) is 10.2 Å². The van der Waals surface area contributed by atoms with Crippen LogP contribution in [0.3, 0.4) is 0 Å². The molecule has 3 rings (SSSR count). The SMILES string of the molecule is NC(c1ccccc1)c1nnc(-c2ccc(Cl)c(Br)c2)s1. The van der Waals surface area contributed by atoms with Gasteiger partial charge in [-0.1, -0.05) is 59.3 Å². The molecule has 0 bridgehead atoms. The van der Waals surface area contributed by atoms with Gasteiger partial charge in [0.25, 0.3) is 0 Å². The van der Waals surface area contributed by atoms with Crippen LogP contribution in [0.25, 0.3) is 10.6 Å². The molecule has 3 aromatic rings. The number of hydrogen-bond donors (Lipinski definition) is 1. The van der Waals surface area contributed by atoms with E-state index in [0.717, 1.165) is 25.6 Å². The fourth-order valence-corrected chi connectivity index (χ4v) is 3.27. The lowest BCUT2D eigenvalue weighted by Crippen LogP contribution is -2.11. The third-order valence-electron chi connectivity index (χ3n) is 3.03. The molecule has 0 aliphatic rings. The van der Waals surface area contributed by atoms with E-state index in [0.29, 0.717) is 5.02 Å². The van der Waals surface area contributed by atoms with Gasteiger partial charge in [0, 0.05) is 10.0 Å². The second-order valence-electron chi connectivity index (χ2n) is 4.46. The number of rotatable bonds is 3. The van der Waals surface area contributed by atoms with Crippen molar-refractivity contribution in [1.29, 1.82) is 0 Å². The van der Waals surface area contributed by atoms with Gasteiger partial charge in [-0.25, -0.2) is 0 Å². The molecule has 0 fully saturated rings. The quantitative estimate of drug-likeness (QED) is 0.718. The Morgan fingerprint density at radius 1 is 1.10 bits per heavy atom. The Bertz CT molecular complexity index is 761. The summed E-state index contributed by atoms with van der Waals surface area (Å²) in [6.45, 7) is 0. The highest BCUT2D eigenvalue weighted by molar-refractivity contribution is 9.10. The van der Waals surface area contributed by atoms with Crippen molar-refractivity contribution in [2.75, 3.05) is 0 Å². The molecule has 6 heteroatoms. The molecule has 0 aliphatic heterocycles. The summed E-state index contributed by atoms with van der Waals surface area (Å²) in [5.41, 5.74) is 8.23. The second-order valence-corrected chi connectivity index (χ2v) is 6.73. The molecule has 3 nitrogen and oxygen atoms in total. The minimum Gasteiger partial charge on any atom is -0.318 e. The van der Waals surface area contributed by atoms with E-state index in [4.69, 9.17) is 17.3 Å². The van der Waals surface area contributed by atoms with Crippen LogP contribution in [-0.4, -0.2) is 10.2 Å². The van der Waals surface area contributed by atoms with Crippen LogP contribution < -0.4 is 5.73 Å². The fraction of sp³-hybridized carbons (Fsp3) is 0.0667. The van der Waals surface area contributed by atoms with Gasteiger partial charge < -0.3 is 5.73 Å². The smallest absolute Gasteiger partial charge is 0.147 e. The van der Waals surface area contributed by atoms with Gasteiger partial charge in [0.05, 0.1) is 11.1 Å². The van der Waals surface area contributed by atoms with E-state index in [1.807, 2.05) is 48.5 Å². The number of hydrogen-bond acceptors (Lipinski definition) is 4.